The quantitative estimate of drug-likeness (QED) is 0.307. The van der Waals surface area contributed by atoms with Gasteiger partial charge in [-0.15, -0.1) is 10.2 Å². The van der Waals surface area contributed by atoms with Crippen molar-refractivity contribution in [2.45, 2.75) is 11.8 Å². The predicted octanol–water partition coefficient (Wildman–Crippen LogP) is 5.71. The lowest BCUT2D eigenvalue weighted by Crippen LogP contribution is -1.91. The standard InChI is InChI=1S/C21H16N2O4S/c1-12-6-8-15-16(10-12)19(28(26)27)11-18(25)21(15)23-22-20-14-5-3-2-4-13(14)7-9-17(20)24/h2-11,24-25H,1H3,(H,26,27). The SMILES string of the molecule is Cc1ccc2c(N=Nc3c(O)ccc4ccccc34)c(O)cc(S(=O)O)c2c1. The van der Waals surface area contributed by atoms with E-state index in [1.165, 1.54) is 12.1 Å². The smallest absolute Gasteiger partial charge is 0.187 e. The molecule has 0 saturated heterocycles. The molecule has 1 atom stereocenters. The maximum atomic E-state index is 11.7. The monoisotopic (exact) mass is 392 g/mol. The minimum Gasteiger partial charge on any atom is -0.506 e. The van der Waals surface area contributed by atoms with Crippen molar-refractivity contribution in [2.24, 2.45) is 10.2 Å². The number of benzene rings is 4. The topological polar surface area (TPSA) is 102 Å². The Morgan fingerprint density at radius 1 is 0.786 bits per heavy atom. The van der Waals surface area contributed by atoms with E-state index in [0.717, 1.165) is 16.3 Å². The number of fused-ring (bicyclic) bond motifs is 2. The van der Waals surface area contributed by atoms with Gasteiger partial charge in [-0.3, -0.25) is 0 Å². The fourth-order valence-corrected chi connectivity index (χ4v) is 3.74. The lowest BCUT2D eigenvalue weighted by molar-refractivity contribution is 0.473. The van der Waals surface area contributed by atoms with Gasteiger partial charge in [0.15, 0.2) is 11.1 Å². The van der Waals surface area contributed by atoms with Crippen molar-refractivity contribution >= 4 is 44.0 Å². The first-order valence-corrected chi connectivity index (χ1v) is 9.56. The van der Waals surface area contributed by atoms with E-state index < -0.39 is 11.1 Å². The fraction of sp³-hybridized carbons (Fsp3) is 0.0476. The molecule has 0 aliphatic carbocycles. The van der Waals surface area contributed by atoms with Crippen LogP contribution in [0.5, 0.6) is 11.5 Å². The van der Waals surface area contributed by atoms with Gasteiger partial charge in [0.2, 0.25) is 0 Å². The summed E-state index contributed by atoms with van der Waals surface area (Å²) in [5.41, 5.74) is 1.35. The van der Waals surface area contributed by atoms with Crippen LogP contribution in [0.4, 0.5) is 11.4 Å². The Labute approximate surface area is 163 Å². The molecule has 4 aromatic rings. The highest BCUT2D eigenvalue weighted by atomic mass is 32.2. The minimum absolute atomic E-state index is 0.0322. The van der Waals surface area contributed by atoms with Gasteiger partial charge in [0.05, 0.1) is 4.90 Å². The second-order valence-electron chi connectivity index (χ2n) is 6.40. The van der Waals surface area contributed by atoms with Crippen LogP contribution in [0.25, 0.3) is 21.5 Å². The highest BCUT2D eigenvalue weighted by Gasteiger charge is 2.15. The van der Waals surface area contributed by atoms with Crippen molar-refractivity contribution in [1.29, 1.82) is 0 Å². The third-order valence-electron chi connectivity index (χ3n) is 4.52. The van der Waals surface area contributed by atoms with Crippen LogP contribution in [0, 0.1) is 6.92 Å². The summed E-state index contributed by atoms with van der Waals surface area (Å²) in [5.74, 6) is -0.299. The maximum absolute atomic E-state index is 11.7. The van der Waals surface area contributed by atoms with Gasteiger partial charge in [0.25, 0.3) is 0 Å². The van der Waals surface area contributed by atoms with Gasteiger partial charge in [-0.25, -0.2) is 4.21 Å². The summed E-state index contributed by atoms with van der Waals surface area (Å²) >= 11 is -2.26. The first-order valence-electron chi connectivity index (χ1n) is 8.45. The molecular weight excluding hydrogens is 376 g/mol. The second kappa shape index (κ2) is 7.03. The average molecular weight is 392 g/mol. The summed E-state index contributed by atoms with van der Waals surface area (Å²) < 4.78 is 21.2. The Balaban J connectivity index is 1.94. The molecule has 0 heterocycles. The predicted molar refractivity (Wildman–Crippen MR) is 109 cm³/mol. The molecule has 0 aliphatic heterocycles. The number of hydrogen-bond donors (Lipinski definition) is 3. The van der Waals surface area contributed by atoms with Gasteiger partial charge in [-0.1, -0.05) is 54.1 Å². The summed E-state index contributed by atoms with van der Waals surface area (Å²) in [4.78, 5) is 0.100. The molecule has 0 aliphatic rings. The van der Waals surface area contributed by atoms with E-state index in [4.69, 9.17) is 0 Å². The molecule has 0 spiro atoms. The number of aromatic hydroxyl groups is 2. The molecule has 3 N–H and O–H groups in total. The van der Waals surface area contributed by atoms with Crippen LogP contribution in [-0.2, 0) is 11.1 Å². The molecule has 7 heteroatoms. The zero-order chi connectivity index (χ0) is 19.8. The molecule has 1 unspecified atom stereocenters. The van der Waals surface area contributed by atoms with Crippen LogP contribution < -0.4 is 0 Å². The Morgan fingerprint density at radius 3 is 2.25 bits per heavy atom. The van der Waals surface area contributed by atoms with Crippen molar-refractivity contribution in [3.8, 4) is 11.5 Å². The molecule has 0 saturated carbocycles. The molecule has 28 heavy (non-hydrogen) atoms. The van der Waals surface area contributed by atoms with Crippen LogP contribution in [0.2, 0.25) is 0 Å². The molecule has 0 amide bonds. The van der Waals surface area contributed by atoms with Crippen LogP contribution in [0.15, 0.2) is 75.8 Å². The number of hydrogen-bond acceptors (Lipinski definition) is 5. The Kier molecular flexibility index (Phi) is 4.54. The zero-order valence-corrected chi connectivity index (χ0v) is 15.6. The van der Waals surface area contributed by atoms with Gasteiger partial charge < -0.3 is 14.8 Å². The zero-order valence-electron chi connectivity index (χ0n) is 14.8. The van der Waals surface area contributed by atoms with Gasteiger partial charge in [-0.2, -0.15) is 0 Å². The van der Waals surface area contributed by atoms with E-state index in [9.17, 15) is 19.0 Å². The summed E-state index contributed by atoms with van der Waals surface area (Å²) in [7, 11) is 0. The average Bonchev–Trinajstić information content (AvgIpc) is 2.68. The fourth-order valence-electron chi connectivity index (χ4n) is 3.17. The molecule has 6 nitrogen and oxygen atoms in total. The second-order valence-corrected chi connectivity index (χ2v) is 7.33. The molecule has 4 aromatic carbocycles. The first kappa shape index (κ1) is 18.1. The minimum atomic E-state index is -2.26. The summed E-state index contributed by atoms with van der Waals surface area (Å²) in [6.07, 6.45) is 0. The lowest BCUT2D eigenvalue weighted by Gasteiger charge is -2.09. The molecule has 0 radical (unpaired) electrons. The van der Waals surface area contributed by atoms with E-state index in [2.05, 4.69) is 10.2 Å². The van der Waals surface area contributed by atoms with Crippen molar-refractivity contribution in [1.82, 2.24) is 0 Å². The molecule has 0 bridgehead atoms. The number of azo groups is 1. The molecule has 0 aromatic heterocycles. The van der Waals surface area contributed by atoms with Crippen LogP contribution in [-0.4, -0.2) is 19.0 Å². The van der Waals surface area contributed by atoms with Gasteiger partial charge >= 0.3 is 0 Å². The van der Waals surface area contributed by atoms with Gasteiger partial charge in [-0.05, 0) is 18.4 Å². The molecular formula is C21H16N2O4S. The Morgan fingerprint density at radius 2 is 1.50 bits per heavy atom. The third-order valence-corrected chi connectivity index (χ3v) is 5.24. The third kappa shape index (κ3) is 3.11. The number of nitrogens with zero attached hydrogens (tertiary/aromatic N) is 2. The van der Waals surface area contributed by atoms with Crippen molar-refractivity contribution in [3.05, 3.63) is 66.2 Å². The number of rotatable bonds is 3. The van der Waals surface area contributed by atoms with E-state index in [1.807, 2.05) is 37.3 Å². The number of phenolic OH excluding ortho intramolecular Hbond substituents is 2. The molecule has 0 fully saturated rings. The van der Waals surface area contributed by atoms with Gasteiger partial charge in [0.1, 0.15) is 22.9 Å². The number of phenols is 2. The van der Waals surface area contributed by atoms with Crippen molar-refractivity contribution < 1.29 is 19.0 Å². The van der Waals surface area contributed by atoms with E-state index in [-0.39, 0.29) is 27.8 Å². The summed E-state index contributed by atoms with van der Waals surface area (Å²) in [6.45, 7) is 1.87. The Hall–Kier alpha value is -3.29. The molecule has 4 rings (SSSR count). The van der Waals surface area contributed by atoms with Crippen LogP contribution in [0.1, 0.15) is 5.56 Å². The normalized spacial score (nSPS) is 12.8. The largest absolute Gasteiger partial charge is 0.506 e. The summed E-state index contributed by atoms with van der Waals surface area (Å²) in [6, 6.07) is 17.3. The van der Waals surface area contributed by atoms with Crippen molar-refractivity contribution in [3.63, 3.8) is 0 Å². The molecule has 140 valence electrons. The van der Waals surface area contributed by atoms with Gasteiger partial charge in [0, 0.05) is 22.2 Å². The van der Waals surface area contributed by atoms with Crippen LogP contribution in [0.3, 0.4) is 0 Å². The van der Waals surface area contributed by atoms with E-state index >= 15 is 0 Å². The Bertz CT molecular complexity index is 1280. The lowest BCUT2D eigenvalue weighted by atomic mass is 10.1. The highest BCUT2D eigenvalue weighted by molar-refractivity contribution is 7.79. The summed E-state index contributed by atoms with van der Waals surface area (Å²) in [5, 5.41) is 31.6. The number of aryl methyl sites for hydroxylation is 1. The van der Waals surface area contributed by atoms with Crippen molar-refractivity contribution in [2.75, 3.05) is 0 Å². The highest BCUT2D eigenvalue weighted by Crippen LogP contribution is 2.41. The first-order chi connectivity index (χ1) is 13.5. The van der Waals surface area contributed by atoms with E-state index in [0.29, 0.717) is 10.8 Å². The van der Waals surface area contributed by atoms with E-state index in [1.54, 1.807) is 18.2 Å². The maximum Gasteiger partial charge on any atom is 0.187 e. The van der Waals surface area contributed by atoms with Crippen LogP contribution >= 0.6 is 0 Å².